The summed E-state index contributed by atoms with van der Waals surface area (Å²) in [6.07, 6.45) is 7.23. The molecular formula is C13H21NO2. The summed E-state index contributed by atoms with van der Waals surface area (Å²) in [6, 6.07) is 0.750. The van der Waals surface area contributed by atoms with Crippen LogP contribution in [0.25, 0.3) is 0 Å². The van der Waals surface area contributed by atoms with E-state index in [0.717, 1.165) is 25.7 Å². The van der Waals surface area contributed by atoms with Crippen LogP contribution in [0.1, 0.15) is 32.1 Å². The Kier molecular flexibility index (Phi) is 2.76. The van der Waals surface area contributed by atoms with Gasteiger partial charge in [-0.15, -0.1) is 0 Å². The normalized spacial score (nSPS) is 35.1. The van der Waals surface area contributed by atoms with Crippen molar-refractivity contribution in [2.45, 2.75) is 38.1 Å². The van der Waals surface area contributed by atoms with Gasteiger partial charge in [0.25, 0.3) is 0 Å². The van der Waals surface area contributed by atoms with Crippen molar-refractivity contribution in [1.82, 2.24) is 4.90 Å². The van der Waals surface area contributed by atoms with Crippen LogP contribution in [0.4, 0.5) is 0 Å². The molecule has 2 aliphatic heterocycles. The first-order chi connectivity index (χ1) is 7.84. The van der Waals surface area contributed by atoms with E-state index in [4.69, 9.17) is 4.74 Å². The minimum Gasteiger partial charge on any atom is -0.381 e. The van der Waals surface area contributed by atoms with Gasteiger partial charge in [0.1, 0.15) is 6.29 Å². The Morgan fingerprint density at radius 3 is 2.44 bits per heavy atom. The van der Waals surface area contributed by atoms with Crippen LogP contribution in [0.15, 0.2) is 0 Å². The van der Waals surface area contributed by atoms with Gasteiger partial charge >= 0.3 is 0 Å². The molecule has 2 heterocycles. The third-order valence-electron chi connectivity index (χ3n) is 4.92. The zero-order valence-electron chi connectivity index (χ0n) is 9.86. The molecule has 16 heavy (non-hydrogen) atoms. The number of hydrogen-bond acceptors (Lipinski definition) is 3. The van der Waals surface area contributed by atoms with E-state index in [2.05, 4.69) is 4.90 Å². The number of aldehydes is 1. The van der Waals surface area contributed by atoms with Crippen molar-refractivity contribution < 1.29 is 9.53 Å². The van der Waals surface area contributed by atoms with Crippen LogP contribution in [-0.2, 0) is 9.53 Å². The molecule has 3 heteroatoms. The standard InChI is InChI=1S/C13H21NO2/c15-10-11-9-13(11)3-5-14(6-4-13)12-1-7-16-8-2-12/h10-12H,1-9H2. The lowest BCUT2D eigenvalue weighted by molar-refractivity contribution is -0.109. The quantitative estimate of drug-likeness (QED) is 0.664. The van der Waals surface area contributed by atoms with Gasteiger partial charge in [0.05, 0.1) is 0 Å². The van der Waals surface area contributed by atoms with Gasteiger partial charge in [0.2, 0.25) is 0 Å². The van der Waals surface area contributed by atoms with Crippen LogP contribution in [-0.4, -0.2) is 43.5 Å². The van der Waals surface area contributed by atoms with Crippen LogP contribution < -0.4 is 0 Å². The fraction of sp³-hybridized carbons (Fsp3) is 0.923. The summed E-state index contributed by atoms with van der Waals surface area (Å²) >= 11 is 0. The predicted octanol–water partition coefficient (Wildman–Crippen LogP) is 1.47. The lowest BCUT2D eigenvalue weighted by Crippen LogP contribution is -2.44. The molecule has 0 bridgehead atoms. The number of likely N-dealkylation sites (tertiary alicyclic amines) is 1. The van der Waals surface area contributed by atoms with Crippen LogP contribution in [0.5, 0.6) is 0 Å². The lowest BCUT2D eigenvalue weighted by Gasteiger charge is -2.39. The summed E-state index contributed by atoms with van der Waals surface area (Å²) in [5.41, 5.74) is 0.434. The monoisotopic (exact) mass is 223 g/mol. The first-order valence-corrected chi connectivity index (χ1v) is 6.61. The van der Waals surface area contributed by atoms with Gasteiger partial charge in [-0.05, 0) is 50.6 Å². The third kappa shape index (κ3) is 1.80. The maximum Gasteiger partial charge on any atom is 0.123 e. The minimum atomic E-state index is 0.393. The summed E-state index contributed by atoms with van der Waals surface area (Å²) < 4.78 is 5.41. The number of carbonyl (C=O) groups excluding carboxylic acids is 1. The fourth-order valence-electron chi connectivity index (χ4n) is 3.53. The molecule has 1 unspecified atom stereocenters. The Morgan fingerprint density at radius 1 is 1.19 bits per heavy atom. The lowest BCUT2D eigenvalue weighted by atomic mass is 9.89. The molecule has 3 aliphatic rings. The van der Waals surface area contributed by atoms with Crippen molar-refractivity contribution >= 4 is 6.29 Å². The highest BCUT2D eigenvalue weighted by molar-refractivity contribution is 5.60. The van der Waals surface area contributed by atoms with Crippen molar-refractivity contribution in [2.24, 2.45) is 11.3 Å². The molecule has 0 amide bonds. The summed E-state index contributed by atoms with van der Waals surface area (Å²) in [6.45, 7) is 4.27. The van der Waals surface area contributed by atoms with Gasteiger partial charge in [-0.25, -0.2) is 0 Å². The molecule has 0 aromatic rings. The Morgan fingerprint density at radius 2 is 1.88 bits per heavy atom. The van der Waals surface area contributed by atoms with E-state index in [9.17, 15) is 4.79 Å². The average Bonchev–Trinajstić information content (AvgIpc) is 3.04. The van der Waals surface area contributed by atoms with E-state index < -0.39 is 0 Å². The van der Waals surface area contributed by atoms with Crippen LogP contribution in [0.3, 0.4) is 0 Å². The maximum absolute atomic E-state index is 10.8. The number of piperidine rings is 1. The number of hydrogen-bond donors (Lipinski definition) is 0. The average molecular weight is 223 g/mol. The van der Waals surface area contributed by atoms with E-state index in [1.165, 1.54) is 45.1 Å². The molecular weight excluding hydrogens is 202 g/mol. The van der Waals surface area contributed by atoms with E-state index >= 15 is 0 Å². The van der Waals surface area contributed by atoms with Gasteiger partial charge in [-0.2, -0.15) is 0 Å². The van der Waals surface area contributed by atoms with Gasteiger partial charge in [0, 0.05) is 25.2 Å². The zero-order valence-corrected chi connectivity index (χ0v) is 9.86. The molecule has 0 aromatic carbocycles. The zero-order chi connectivity index (χ0) is 11.0. The highest BCUT2D eigenvalue weighted by atomic mass is 16.5. The van der Waals surface area contributed by atoms with Crippen LogP contribution in [0, 0.1) is 11.3 Å². The number of carbonyl (C=O) groups is 1. The van der Waals surface area contributed by atoms with E-state index in [-0.39, 0.29) is 0 Å². The molecule has 90 valence electrons. The Labute approximate surface area is 97.1 Å². The second kappa shape index (κ2) is 4.11. The van der Waals surface area contributed by atoms with Crippen LogP contribution in [0.2, 0.25) is 0 Å². The summed E-state index contributed by atoms with van der Waals surface area (Å²) in [4.78, 5) is 13.4. The van der Waals surface area contributed by atoms with Gasteiger partial charge in [0.15, 0.2) is 0 Å². The molecule has 0 aromatic heterocycles. The fourth-order valence-corrected chi connectivity index (χ4v) is 3.53. The van der Waals surface area contributed by atoms with E-state index in [1.54, 1.807) is 0 Å². The molecule has 1 atom stereocenters. The highest BCUT2D eigenvalue weighted by Crippen LogP contribution is 2.58. The first kappa shape index (κ1) is 10.7. The molecule has 2 saturated heterocycles. The van der Waals surface area contributed by atoms with Crippen molar-refractivity contribution in [1.29, 1.82) is 0 Å². The van der Waals surface area contributed by atoms with Crippen molar-refractivity contribution in [3.63, 3.8) is 0 Å². The Hall–Kier alpha value is -0.410. The molecule has 0 radical (unpaired) electrons. The topological polar surface area (TPSA) is 29.5 Å². The predicted molar refractivity (Wildman–Crippen MR) is 61.3 cm³/mol. The highest BCUT2D eigenvalue weighted by Gasteiger charge is 2.54. The number of nitrogens with zero attached hydrogens (tertiary/aromatic N) is 1. The summed E-state index contributed by atoms with van der Waals surface area (Å²) in [7, 11) is 0. The Balaban J connectivity index is 1.52. The smallest absolute Gasteiger partial charge is 0.123 e. The molecule has 1 spiro atoms. The van der Waals surface area contributed by atoms with Gasteiger partial charge < -0.3 is 14.4 Å². The Bertz CT molecular complexity index is 265. The largest absolute Gasteiger partial charge is 0.381 e. The van der Waals surface area contributed by atoms with Crippen molar-refractivity contribution in [3.05, 3.63) is 0 Å². The molecule has 1 saturated carbocycles. The number of rotatable bonds is 2. The molecule has 1 aliphatic carbocycles. The SMILES string of the molecule is O=CC1CC12CCN(C1CCOCC1)CC2. The second-order valence-electron chi connectivity index (χ2n) is 5.69. The van der Waals surface area contributed by atoms with E-state index in [0.29, 0.717) is 11.3 Å². The second-order valence-corrected chi connectivity index (χ2v) is 5.69. The van der Waals surface area contributed by atoms with E-state index in [1.807, 2.05) is 0 Å². The molecule has 3 rings (SSSR count). The minimum absolute atomic E-state index is 0.393. The molecule has 3 fully saturated rings. The van der Waals surface area contributed by atoms with Crippen molar-refractivity contribution in [2.75, 3.05) is 26.3 Å². The molecule has 3 nitrogen and oxygen atoms in total. The molecule has 0 N–H and O–H groups in total. The van der Waals surface area contributed by atoms with Gasteiger partial charge in [-0.1, -0.05) is 0 Å². The number of ether oxygens (including phenoxy) is 1. The third-order valence-corrected chi connectivity index (χ3v) is 4.92. The summed E-state index contributed by atoms with van der Waals surface area (Å²) in [5.74, 6) is 0.393. The maximum atomic E-state index is 10.8. The van der Waals surface area contributed by atoms with Gasteiger partial charge in [-0.3, -0.25) is 0 Å². The summed E-state index contributed by atoms with van der Waals surface area (Å²) in [5, 5.41) is 0. The first-order valence-electron chi connectivity index (χ1n) is 6.61. The van der Waals surface area contributed by atoms with Crippen molar-refractivity contribution in [3.8, 4) is 0 Å². The van der Waals surface area contributed by atoms with Crippen LogP contribution >= 0.6 is 0 Å².